The highest BCUT2D eigenvalue weighted by Crippen LogP contribution is 2.25. The summed E-state index contributed by atoms with van der Waals surface area (Å²) < 4.78 is 13.1. The maximum absolute atomic E-state index is 13.1. The molecule has 18 heavy (non-hydrogen) atoms. The third-order valence-corrected chi connectivity index (χ3v) is 3.35. The smallest absolute Gasteiger partial charge is 0.308 e. The number of phenolic OH excluding ortho intramolecular Hbond substituents is 1. The molecule has 1 aromatic carbocycles. The Bertz CT molecular complexity index is 443. The molecule has 0 bridgehead atoms. The third-order valence-electron chi connectivity index (χ3n) is 3.35. The van der Waals surface area contributed by atoms with E-state index in [2.05, 4.69) is 0 Å². The van der Waals surface area contributed by atoms with E-state index in [4.69, 9.17) is 5.11 Å². The van der Waals surface area contributed by atoms with E-state index in [1.165, 1.54) is 12.1 Å². The van der Waals surface area contributed by atoms with Gasteiger partial charge in [-0.05, 0) is 23.6 Å². The molecule has 0 amide bonds. The van der Waals surface area contributed by atoms with E-state index >= 15 is 0 Å². The van der Waals surface area contributed by atoms with Crippen LogP contribution in [-0.4, -0.2) is 34.2 Å². The lowest BCUT2D eigenvalue weighted by molar-refractivity contribution is -0.142. The standard InChI is InChI=1S/C13H16FNO3/c1-8-5-15(7-12(8)13(17)18)6-9-2-10(14)4-11(16)3-9/h2-4,8,12,16H,5-7H2,1H3,(H,17,18). The number of hydrogen-bond acceptors (Lipinski definition) is 3. The Balaban J connectivity index is 2.05. The van der Waals surface area contributed by atoms with Gasteiger partial charge in [-0.25, -0.2) is 4.39 Å². The van der Waals surface area contributed by atoms with E-state index in [1.807, 2.05) is 11.8 Å². The molecule has 1 heterocycles. The lowest BCUT2D eigenvalue weighted by Crippen LogP contribution is -2.23. The van der Waals surface area contributed by atoms with Crippen LogP contribution in [0.2, 0.25) is 0 Å². The summed E-state index contributed by atoms with van der Waals surface area (Å²) in [5.41, 5.74) is 0.658. The molecule has 1 saturated heterocycles. The highest BCUT2D eigenvalue weighted by Gasteiger charge is 2.34. The van der Waals surface area contributed by atoms with E-state index in [1.54, 1.807) is 0 Å². The quantitative estimate of drug-likeness (QED) is 0.860. The van der Waals surface area contributed by atoms with Crippen molar-refractivity contribution in [3.8, 4) is 5.75 Å². The highest BCUT2D eigenvalue weighted by atomic mass is 19.1. The van der Waals surface area contributed by atoms with Crippen molar-refractivity contribution in [1.82, 2.24) is 4.90 Å². The van der Waals surface area contributed by atoms with Gasteiger partial charge in [0.05, 0.1) is 5.92 Å². The molecule has 0 aromatic heterocycles. The van der Waals surface area contributed by atoms with E-state index in [9.17, 15) is 14.3 Å². The van der Waals surface area contributed by atoms with Crippen molar-refractivity contribution in [1.29, 1.82) is 0 Å². The number of likely N-dealkylation sites (tertiary alicyclic amines) is 1. The molecule has 4 nitrogen and oxygen atoms in total. The van der Waals surface area contributed by atoms with Crippen LogP contribution >= 0.6 is 0 Å². The van der Waals surface area contributed by atoms with Gasteiger partial charge in [0.25, 0.3) is 0 Å². The topological polar surface area (TPSA) is 60.8 Å². The average Bonchev–Trinajstić information content (AvgIpc) is 2.57. The zero-order chi connectivity index (χ0) is 13.3. The largest absolute Gasteiger partial charge is 0.508 e. The van der Waals surface area contributed by atoms with Crippen LogP contribution in [0.3, 0.4) is 0 Å². The molecule has 1 aromatic rings. The van der Waals surface area contributed by atoms with Gasteiger partial charge in [-0.3, -0.25) is 9.69 Å². The molecule has 1 fully saturated rings. The Kier molecular flexibility index (Phi) is 3.52. The Morgan fingerprint density at radius 1 is 1.44 bits per heavy atom. The minimum atomic E-state index is -0.785. The molecule has 2 N–H and O–H groups in total. The monoisotopic (exact) mass is 253 g/mol. The lowest BCUT2D eigenvalue weighted by atomic mass is 9.99. The van der Waals surface area contributed by atoms with Gasteiger partial charge < -0.3 is 10.2 Å². The predicted octanol–water partition coefficient (Wildman–Crippen LogP) is 1.68. The number of carboxylic acids is 1. The minimum Gasteiger partial charge on any atom is -0.508 e. The van der Waals surface area contributed by atoms with Crippen molar-refractivity contribution < 1.29 is 19.4 Å². The summed E-state index contributed by atoms with van der Waals surface area (Å²) in [7, 11) is 0. The maximum Gasteiger partial charge on any atom is 0.308 e. The molecule has 0 radical (unpaired) electrons. The van der Waals surface area contributed by atoms with Crippen LogP contribution in [-0.2, 0) is 11.3 Å². The molecule has 5 heteroatoms. The molecule has 1 aliphatic heterocycles. The fourth-order valence-corrected chi connectivity index (χ4v) is 2.50. The van der Waals surface area contributed by atoms with Crippen LogP contribution < -0.4 is 0 Å². The van der Waals surface area contributed by atoms with Crippen molar-refractivity contribution >= 4 is 5.97 Å². The summed E-state index contributed by atoms with van der Waals surface area (Å²) in [6.45, 7) is 3.50. The number of carbonyl (C=O) groups is 1. The number of halogens is 1. The SMILES string of the molecule is CC1CN(Cc2cc(O)cc(F)c2)CC1C(=O)O. The van der Waals surface area contributed by atoms with Crippen molar-refractivity contribution in [2.75, 3.05) is 13.1 Å². The molecule has 0 spiro atoms. The first-order valence-corrected chi connectivity index (χ1v) is 5.89. The summed E-state index contributed by atoms with van der Waals surface area (Å²) in [5.74, 6) is -1.65. The Morgan fingerprint density at radius 3 is 2.72 bits per heavy atom. The number of rotatable bonds is 3. The van der Waals surface area contributed by atoms with Crippen LogP contribution in [0, 0.1) is 17.7 Å². The summed E-state index contributed by atoms with van der Waals surface area (Å²) >= 11 is 0. The van der Waals surface area contributed by atoms with Crippen molar-refractivity contribution in [3.63, 3.8) is 0 Å². The lowest BCUT2D eigenvalue weighted by Gasteiger charge is -2.15. The van der Waals surface area contributed by atoms with Gasteiger partial charge in [0.1, 0.15) is 11.6 Å². The second kappa shape index (κ2) is 4.94. The molecule has 1 aliphatic rings. The van der Waals surface area contributed by atoms with Gasteiger partial charge in [-0.15, -0.1) is 0 Å². The maximum atomic E-state index is 13.1. The van der Waals surface area contributed by atoms with Gasteiger partial charge >= 0.3 is 5.97 Å². The molecule has 2 unspecified atom stereocenters. The number of hydrogen-bond donors (Lipinski definition) is 2. The first-order chi connectivity index (χ1) is 8.45. The minimum absolute atomic E-state index is 0.0876. The van der Waals surface area contributed by atoms with Gasteiger partial charge in [-0.2, -0.15) is 0 Å². The van der Waals surface area contributed by atoms with Crippen LogP contribution in [0.25, 0.3) is 0 Å². The number of benzene rings is 1. The first kappa shape index (κ1) is 12.8. The van der Waals surface area contributed by atoms with E-state index in [0.717, 1.165) is 6.07 Å². The second-order valence-corrected chi connectivity index (χ2v) is 4.93. The van der Waals surface area contributed by atoms with E-state index < -0.39 is 11.8 Å². The molecule has 0 aliphatic carbocycles. The van der Waals surface area contributed by atoms with Gasteiger partial charge in [0.15, 0.2) is 0 Å². The zero-order valence-electron chi connectivity index (χ0n) is 10.1. The van der Waals surface area contributed by atoms with Gasteiger partial charge in [0.2, 0.25) is 0 Å². The van der Waals surface area contributed by atoms with Crippen molar-refractivity contribution in [2.24, 2.45) is 11.8 Å². The third kappa shape index (κ3) is 2.79. The highest BCUT2D eigenvalue weighted by molar-refractivity contribution is 5.71. The second-order valence-electron chi connectivity index (χ2n) is 4.93. The molecule has 0 saturated carbocycles. The molecule has 98 valence electrons. The zero-order valence-corrected chi connectivity index (χ0v) is 10.1. The van der Waals surface area contributed by atoms with E-state index in [-0.39, 0.29) is 17.6 Å². The van der Waals surface area contributed by atoms with Crippen LogP contribution in [0.5, 0.6) is 5.75 Å². The summed E-state index contributed by atoms with van der Waals surface area (Å²) in [6.07, 6.45) is 0. The summed E-state index contributed by atoms with van der Waals surface area (Å²) in [4.78, 5) is 13.0. The van der Waals surface area contributed by atoms with Crippen LogP contribution in [0.4, 0.5) is 4.39 Å². The number of aromatic hydroxyl groups is 1. The fourth-order valence-electron chi connectivity index (χ4n) is 2.50. The van der Waals surface area contributed by atoms with Crippen LogP contribution in [0.15, 0.2) is 18.2 Å². The summed E-state index contributed by atoms with van der Waals surface area (Å²) in [5, 5.41) is 18.3. The van der Waals surface area contributed by atoms with Crippen molar-refractivity contribution in [2.45, 2.75) is 13.5 Å². The van der Waals surface area contributed by atoms with Gasteiger partial charge in [-0.1, -0.05) is 6.92 Å². The predicted molar refractivity (Wildman–Crippen MR) is 63.6 cm³/mol. The Morgan fingerprint density at radius 2 is 2.17 bits per heavy atom. The molecular weight excluding hydrogens is 237 g/mol. The number of aliphatic carboxylic acids is 1. The first-order valence-electron chi connectivity index (χ1n) is 5.89. The van der Waals surface area contributed by atoms with Gasteiger partial charge in [0, 0.05) is 25.7 Å². The van der Waals surface area contributed by atoms with Crippen LogP contribution in [0.1, 0.15) is 12.5 Å². The molecule has 2 rings (SSSR count). The number of nitrogens with zero attached hydrogens (tertiary/aromatic N) is 1. The summed E-state index contributed by atoms with van der Waals surface area (Å²) in [6, 6.07) is 3.91. The molecule has 2 atom stereocenters. The number of phenols is 1. The normalized spacial score (nSPS) is 24.3. The number of carboxylic acid groups (broad SMARTS) is 1. The Hall–Kier alpha value is -1.62. The van der Waals surface area contributed by atoms with Crippen molar-refractivity contribution in [3.05, 3.63) is 29.6 Å². The van der Waals surface area contributed by atoms with E-state index in [0.29, 0.717) is 25.2 Å². The fraction of sp³-hybridized carbons (Fsp3) is 0.462. The molecular formula is C13H16FNO3. The average molecular weight is 253 g/mol. The Labute approximate surface area is 105 Å².